The summed E-state index contributed by atoms with van der Waals surface area (Å²) >= 11 is 0. The molecule has 2 fully saturated rings. The molecule has 0 aromatic rings. The minimum absolute atomic E-state index is 0. The first-order valence-electron chi connectivity index (χ1n) is 10.7. The number of carbonyl (C=O) groups excluding carboxylic acids is 1. The summed E-state index contributed by atoms with van der Waals surface area (Å²) in [5.74, 6) is 0.765. The van der Waals surface area contributed by atoms with Crippen molar-refractivity contribution in [2.45, 2.75) is 85.7 Å². The normalized spacial score (nSPS) is 29.3. The molecule has 3 atom stereocenters. The number of nitrogens with zero attached hydrogens (tertiary/aromatic N) is 2. The van der Waals surface area contributed by atoms with Crippen molar-refractivity contribution in [3.8, 4) is 0 Å². The van der Waals surface area contributed by atoms with E-state index in [1.165, 1.54) is 0 Å². The predicted molar refractivity (Wildman–Crippen MR) is 123 cm³/mol. The summed E-state index contributed by atoms with van der Waals surface area (Å²) in [6.45, 7) is 23.2. The highest BCUT2D eigenvalue weighted by atomic mass is 28.3. The molecule has 0 aromatic heterocycles. The van der Waals surface area contributed by atoms with Gasteiger partial charge in [-0.2, -0.15) is 0 Å². The van der Waals surface area contributed by atoms with Gasteiger partial charge in [-0.25, -0.2) is 4.79 Å². The molecule has 2 heterocycles. The summed E-state index contributed by atoms with van der Waals surface area (Å²) in [6, 6.07) is 0. The van der Waals surface area contributed by atoms with Crippen molar-refractivity contribution >= 4 is 23.5 Å². The topological polar surface area (TPSA) is 42.0 Å². The lowest BCUT2D eigenvalue weighted by atomic mass is 9.77. The van der Waals surface area contributed by atoms with Crippen molar-refractivity contribution in [1.82, 2.24) is 9.80 Å². The molecule has 0 aromatic carbocycles. The largest absolute Gasteiger partial charge is 0.444 e. The van der Waals surface area contributed by atoms with Gasteiger partial charge in [0.15, 0.2) is 9.04 Å². The molecule has 0 radical (unpaired) electrons. The Bertz CT molecular complexity index is 533. The van der Waals surface area contributed by atoms with E-state index in [1.54, 1.807) is 0 Å². The third-order valence-electron chi connectivity index (χ3n) is 6.03. The number of amides is 1. The van der Waals surface area contributed by atoms with Crippen molar-refractivity contribution < 1.29 is 14.0 Å². The number of carbonyl (C=O) groups is 1. The number of ether oxygens (including phenoxy) is 1. The van der Waals surface area contributed by atoms with Crippen LogP contribution in [0.25, 0.3) is 0 Å². The van der Waals surface area contributed by atoms with Crippen molar-refractivity contribution in [3.05, 3.63) is 0 Å². The zero-order valence-electron chi connectivity index (χ0n) is 19.1. The van der Waals surface area contributed by atoms with E-state index in [4.69, 9.17) is 9.16 Å². The van der Waals surface area contributed by atoms with E-state index in [0.29, 0.717) is 11.8 Å². The molecule has 7 heteroatoms. The minimum atomic E-state index is -1.36. The van der Waals surface area contributed by atoms with Crippen molar-refractivity contribution in [1.29, 1.82) is 0 Å². The van der Waals surface area contributed by atoms with E-state index in [0.717, 1.165) is 39.0 Å². The summed E-state index contributed by atoms with van der Waals surface area (Å²) in [5.41, 5.74) is -0.874. The molecule has 0 saturated carbocycles. The van der Waals surface area contributed by atoms with Crippen LogP contribution in [0.15, 0.2) is 0 Å². The molecule has 0 spiro atoms. The molecule has 0 N–H and O–H groups in total. The summed E-state index contributed by atoms with van der Waals surface area (Å²) in [5, 5.41) is 0. The fourth-order valence-electron chi connectivity index (χ4n) is 4.52. The maximum absolute atomic E-state index is 13.3. The molecule has 2 aliphatic heterocycles. The highest BCUT2D eigenvalue weighted by molar-refractivity contribution is 6.48. The minimum Gasteiger partial charge on any atom is -0.444 e. The first-order valence-corrected chi connectivity index (χ1v) is 13.5. The Hall–Kier alpha value is -0.528. The monoisotopic (exact) mass is 412 g/mol. The molecule has 0 aliphatic carbocycles. The maximum Gasteiger partial charge on any atom is 0.412 e. The quantitative estimate of drug-likeness (QED) is 0.666. The fourth-order valence-corrected chi connectivity index (χ4v) is 5.75. The van der Waals surface area contributed by atoms with Crippen LogP contribution in [0, 0.1) is 17.3 Å². The number of likely N-dealkylation sites (tertiary alicyclic amines) is 2. The lowest BCUT2D eigenvalue weighted by Gasteiger charge is -2.44. The Morgan fingerprint density at radius 2 is 1.75 bits per heavy atom. The van der Waals surface area contributed by atoms with Crippen molar-refractivity contribution in [2.24, 2.45) is 17.3 Å². The van der Waals surface area contributed by atoms with Gasteiger partial charge in [0.05, 0.1) is 8.41 Å². The van der Waals surface area contributed by atoms with Crippen LogP contribution in [0.5, 0.6) is 0 Å². The Balaban J connectivity index is 0.00000392. The molecule has 28 heavy (non-hydrogen) atoms. The molecule has 2 aliphatic rings. The summed E-state index contributed by atoms with van der Waals surface area (Å²) in [4.78, 5) is 17.7. The third-order valence-corrected chi connectivity index (χ3v) is 6.91. The number of hydrogen-bond donors (Lipinski definition) is 0. The molecule has 164 valence electrons. The van der Waals surface area contributed by atoms with E-state index >= 15 is 0 Å². The Morgan fingerprint density at radius 1 is 1.14 bits per heavy atom. The standard InChI is InChI=1S/C21H42N2O3Si.BH3/c1-10-22-12-11-16(14-22)21(26-27(8)9)13-17(19(2,3)4)15-23(21)18(24)25-20(5,6)7;/h16-17,27H,10-15H2,1-9H3;1H3/t16?,17-,21-;/m0./s1. The Labute approximate surface area is 176 Å². The van der Waals surface area contributed by atoms with Crippen LogP contribution >= 0.6 is 0 Å². The second-order valence-electron chi connectivity index (χ2n) is 10.7. The lowest BCUT2D eigenvalue weighted by Crippen LogP contribution is -2.57. The van der Waals surface area contributed by atoms with Crippen molar-refractivity contribution in [2.75, 3.05) is 26.2 Å². The third kappa shape index (κ3) is 5.76. The van der Waals surface area contributed by atoms with Crippen LogP contribution in [0.3, 0.4) is 0 Å². The molecular formula is C21H45BN2O3Si. The zero-order valence-corrected chi connectivity index (χ0v) is 20.2. The molecule has 2 saturated heterocycles. The van der Waals surface area contributed by atoms with Crippen LogP contribution in [0.1, 0.15) is 61.3 Å². The zero-order chi connectivity index (χ0) is 20.6. The number of hydrogen-bond acceptors (Lipinski definition) is 4. The Morgan fingerprint density at radius 3 is 2.18 bits per heavy atom. The number of rotatable bonds is 4. The second kappa shape index (κ2) is 9.09. The molecule has 0 bridgehead atoms. The summed E-state index contributed by atoms with van der Waals surface area (Å²) < 4.78 is 12.6. The van der Waals surface area contributed by atoms with Crippen molar-refractivity contribution in [3.63, 3.8) is 0 Å². The second-order valence-corrected chi connectivity index (χ2v) is 13.1. The van der Waals surface area contributed by atoms with Gasteiger partial charge in [-0.15, -0.1) is 0 Å². The first kappa shape index (κ1) is 25.5. The predicted octanol–water partition coefficient (Wildman–Crippen LogP) is 3.14. The smallest absolute Gasteiger partial charge is 0.412 e. The van der Waals surface area contributed by atoms with Gasteiger partial charge in [-0.05, 0) is 71.1 Å². The summed E-state index contributed by atoms with van der Waals surface area (Å²) in [7, 11) is -1.36. The van der Waals surface area contributed by atoms with E-state index < -0.39 is 20.4 Å². The molecular weight excluding hydrogens is 367 g/mol. The van der Waals surface area contributed by atoms with Gasteiger partial charge < -0.3 is 14.1 Å². The van der Waals surface area contributed by atoms with Crippen LogP contribution in [-0.2, 0) is 9.16 Å². The molecule has 2 rings (SSSR count). The van der Waals surface area contributed by atoms with Gasteiger partial charge in [0.2, 0.25) is 0 Å². The summed E-state index contributed by atoms with van der Waals surface area (Å²) in [6.07, 6.45) is 1.80. The van der Waals surface area contributed by atoms with Gasteiger partial charge in [-0.3, -0.25) is 4.90 Å². The van der Waals surface area contributed by atoms with E-state index in [2.05, 4.69) is 45.7 Å². The van der Waals surface area contributed by atoms with E-state index in [9.17, 15) is 4.79 Å². The fraction of sp³-hybridized carbons (Fsp3) is 0.952. The van der Waals surface area contributed by atoms with E-state index in [1.807, 2.05) is 25.7 Å². The molecule has 5 nitrogen and oxygen atoms in total. The van der Waals surface area contributed by atoms with Crippen LogP contribution in [0.2, 0.25) is 13.1 Å². The molecule has 1 unspecified atom stereocenters. The van der Waals surface area contributed by atoms with Gasteiger partial charge in [-0.1, -0.05) is 27.7 Å². The van der Waals surface area contributed by atoms with Gasteiger partial charge in [0.25, 0.3) is 0 Å². The van der Waals surface area contributed by atoms with Crippen LogP contribution in [0.4, 0.5) is 4.79 Å². The SMILES string of the molecule is B.CCN1CCC([C@@]2(O[SiH](C)C)C[C@H](C(C)(C)C)CN2C(=O)OC(C)(C)C)C1. The maximum atomic E-state index is 13.3. The average Bonchev–Trinajstić information content (AvgIpc) is 3.09. The lowest BCUT2D eigenvalue weighted by molar-refractivity contribution is -0.102. The first-order chi connectivity index (χ1) is 12.3. The highest BCUT2D eigenvalue weighted by Gasteiger charge is 2.57. The van der Waals surface area contributed by atoms with E-state index in [-0.39, 0.29) is 19.9 Å². The van der Waals surface area contributed by atoms with Gasteiger partial charge in [0.1, 0.15) is 11.3 Å². The van der Waals surface area contributed by atoms with Gasteiger partial charge >= 0.3 is 6.09 Å². The van der Waals surface area contributed by atoms with Crippen LogP contribution in [-0.4, -0.2) is 70.9 Å². The average molecular weight is 413 g/mol. The highest BCUT2D eigenvalue weighted by Crippen LogP contribution is 2.49. The van der Waals surface area contributed by atoms with Gasteiger partial charge in [0, 0.05) is 19.0 Å². The van der Waals surface area contributed by atoms with Crippen LogP contribution < -0.4 is 0 Å². The molecule has 1 amide bonds. The Kier molecular flexibility index (Phi) is 8.28.